The van der Waals surface area contributed by atoms with Crippen molar-refractivity contribution in [1.82, 2.24) is 0 Å². The SMILES string of the molecule is CC(C)c1ccc(N2C(=NC(=O)C3CCCO3)S[C@@H]3CS(=O)(=O)C[C@@H]32)cc1. The molecule has 0 aliphatic carbocycles. The molecule has 3 heterocycles. The number of aliphatic imine (C=N–C) groups is 1. The van der Waals surface area contributed by atoms with E-state index in [0.29, 0.717) is 24.1 Å². The van der Waals surface area contributed by atoms with Crippen molar-refractivity contribution in [2.75, 3.05) is 23.0 Å². The Bertz CT molecular complexity index is 858. The molecule has 1 aromatic carbocycles. The summed E-state index contributed by atoms with van der Waals surface area (Å²) in [7, 11) is -3.06. The zero-order valence-electron chi connectivity index (χ0n) is 15.5. The Morgan fingerprint density at radius 1 is 1.26 bits per heavy atom. The second-order valence-electron chi connectivity index (χ2n) is 7.65. The van der Waals surface area contributed by atoms with Gasteiger partial charge in [-0.25, -0.2) is 8.42 Å². The average molecular weight is 409 g/mol. The molecule has 0 N–H and O–H groups in total. The number of hydrogen-bond donors (Lipinski definition) is 0. The van der Waals surface area contributed by atoms with Crippen molar-refractivity contribution in [2.45, 2.75) is 50.0 Å². The first-order valence-electron chi connectivity index (χ1n) is 9.34. The normalized spacial score (nSPS) is 31.0. The Morgan fingerprint density at radius 3 is 2.63 bits per heavy atom. The number of amides is 1. The number of carbonyl (C=O) groups excluding carboxylic acids is 1. The molecular formula is C19H24N2O4S2. The van der Waals surface area contributed by atoms with E-state index in [1.54, 1.807) is 0 Å². The number of nitrogens with zero attached hydrogens (tertiary/aromatic N) is 2. The van der Waals surface area contributed by atoms with E-state index < -0.39 is 15.9 Å². The highest BCUT2D eigenvalue weighted by atomic mass is 32.2. The molecule has 3 aliphatic rings. The topological polar surface area (TPSA) is 76.0 Å². The van der Waals surface area contributed by atoms with E-state index in [-0.39, 0.29) is 28.7 Å². The van der Waals surface area contributed by atoms with Gasteiger partial charge in [0.15, 0.2) is 15.0 Å². The fourth-order valence-electron chi connectivity index (χ4n) is 3.82. The molecule has 4 rings (SSSR count). The van der Waals surface area contributed by atoms with Crippen LogP contribution in [0, 0.1) is 0 Å². The molecule has 0 radical (unpaired) electrons. The zero-order chi connectivity index (χ0) is 19.2. The molecule has 3 aliphatic heterocycles. The van der Waals surface area contributed by atoms with E-state index in [1.807, 2.05) is 17.0 Å². The van der Waals surface area contributed by atoms with Crippen molar-refractivity contribution in [2.24, 2.45) is 4.99 Å². The lowest BCUT2D eigenvalue weighted by atomic mass is 10.0. The smallest absolute Gasteiger partial charge is 0.277 e. The minimum atomic E-state index is -3.06. The number of anilines is 1. The third kappa shape index (κ3) is 3.79. The van der Waals surface area contributed by atoms with Crippen LogP contribution in [0.2, 0.25) is 0 Å². The minimum absolute atomic E-state index is 0.0872. The lowest BCUT2D eigenvalue weighted by Crippen LogP contribution is -2.38. The molecule has 3 fully saturated rings. The van der Waals surface area contributed by atoms with Gasteiger partial charge >= 0.3 is 0 Å². The van der Waals surface area contributed by atoms with Gasteiger partial charge in [-0.1, -0.05) is 37.7 Å². The fraction of sp³-hybridized carbons (Fsp3) is 0.579. The Balaban J connectivity index is 1.66. The van der Waals surface area contributed by atoms with Crippen molar-refractivity contribution in [3.63, 3.8) is 0 Å². The molecule has 27 heavy (non-hydrogen) atoms. The van der Waals surface area contributed by atoms with E-state index in [9.17, 15) is 13.2 Å². The summed E-state index contributed by atoms with van der Waals surface area (Å²) in [6.45, 7) is 4.86. The molecule has 146 valence electrons. The van der Waals surface area contributed by atoms with Gasteiger partial charge in [-0.15, -0.1) is 0 Å². The number of ether oxygens (including phenoxy) is 1. The molecule has 0 saturated carbocycles. The summed E-state index contributed by atoms with van der Waals surface area (Å²) in [4.78, 5) is 18.8. The van der Waals surface area contributed by atoms with E-state index in [0.717, 1.165) is 12.1 Å². The summed E-state index contributed by atoms with van der Waals surface area (Å²) in [5, 5.41) is 0.508. The van der Waals surface area contributed by atoms with Gasteiger partial charge in [-0.2, -0.15) is 4.99 Å². The quantitative estimate of drug-likeness (QED) is 0.765. The molecule has 8 heteroatoms. The second kappa shape index (κ2) is 7.22. The van der Waals surface area contributed by atoms with Crippen molar-refractivity contribution in [3.8, 4) is 0 Å². The van der Waals surface area contributed by atoms with Crippen molar-refractivity contribution in [3.05, 3.63) is 29.8 Å². The fourth-order valence-corrected chi connectivity index (χ4v) is 7.74. The summed E-state index contributed by atoms with van der Waals surface area (Å²) < 4.78 is 29.7. The molecule has 1 aromatic rings. The first-order chi connectivity index (χ1) is 12.8. The maximum atomic E-state index is 12.5. The van der Waals surface area contributed by atoms with Crippen LogP contribution in [0.4, 0.5) is 5.69 Å². The van der Waals surface area contributed by atoms with Crippen molar-refractivity contribution in [1.29, 1.82) is 0 Å². The van der Waals surface area contributed by atoms with Crippen LogP contribution in [0.3, 0.4) is 0 Å². The third-order valence-corrected chi connectivity index (χ3v) is 8.53. The van der Waals surface area contributed by atoms with Crippen LogP contribution in [0.5, 0.6) is 0 Å². The molecule has 1 amide bonds. The number of benzene rings is 1. The van der Waals surface area contributed by atoms with Crippen LogP contribution in [-0.2, 0) is 19.4 Å². The maximum Gasteiger partial charge on any atom is 0.277 e. The highest BCUT2D eigenvalue weighted by molar-refractivity contribution is 8.16. The summed E-state index contributed by atoms with van der Waals surface area (Å²) >= 11 is 1.40. The first kappa shape index (κ1) is 19.0. The largest absolute Gasteiger partial charge is 0.368 e. The summed E-state index contributed by atoms with van der Waals surface area (Å²) in [6.07, 6.45) is 1.11. The molecule has 1 unspecified atom stereocenters. The summed E-state index contributed by atoms with van der Waals surface area (Å²) in [6, 6.07) is 7.92. The number of rotatable bonds is 3. The first-order valence-corrected chi connectivity index (χ1v) is 12.0. The van der Waals surface area contributed by atoms with Gasteiger partial charge in [-0.3, -0.25) is 4.79 Å². The molecular weight excluding hydrogens is 384 g/mol. The minimum Gasteiger partial charge on any atom is -0.368 e. The predicted molar refractivity (Wildman–Crippen MR) is 108 cm³/mol. The molecule has 3 saturated heterocycles. The van der Waals surface area contributed by atoms with Gasteiger partial charge in [-0.05, 0) is 36.5 Å². The lowest BCUT2D eigenvalue weighted by molar-refractivity contribution is -0.126. The van der Waals surface area contributed by atoms with Crippen LogP contribution >= 0.6 is 11.8 Å². The molecule has 0 bridgehead atoms. The van der Waals surface area contributed by atoms with Crippen molar-refractivity contribution >= 4 is 38.4 Å². The molecule has 0 spiro atoms. The van der Waals surface area contributed by atoms with E-state index in [1.165, 1.54) is 17.3 Å². The van der Waals surface area contributed by atoms with E-state index in [2.05, 4.69) is 31.0 Å². The number of hydrogen-bond acceptors (Lipinski definition) is 5. The predicted octanol–water partition coefficient (Wildman–Crippen LogP) is 2.59. The van der Waals surface area contributed by atoms with E-state index >= 15 is 0 Å². The third-order valence-electron chi connectivity index (χ3n) is 5.32. The van der Waals surface area contributed by atoms with Gasteiger partial charge in [0.2, 0.25) is 0 Å². The number of carbonyl (C=O) groups is 1. The summed E-state index contributed by atoms with van der Waals surface area (Å²) in [5.41, 5.74) is 2.10. The summed E-state index contributed by atoms with van der Waals surface area (Å²) in [5.74, 6) is 0.391. The number of thioether (sulfide) groups is 1. The Labute approximate surface area is 164 Å². The molecule has 0 aromatic heterocycles. The standard InChI is InChI=1S/C19H24N2O4S2/c1-12(2)13-5-7-14(8-6-13)21-15-10-27(23,24)11-17(15)26-19(21)20-18(22)16-4-3-9-25-16/h5-8,12,15-17H,3-4,9-11H2,1-2H3/t15-,16?,17+/m0/s1. The highest BCUT2D eigenvalue weighted by Gasteiger charge is 2.49. The van der Waals surface area contributed by atoms with Gasteiger partial charge in [0.25, 0.3) is 5.91 Å². The van der Waals surface area contributed by atoms with Crippen LogP contribution in [0.1, 0.15) is 38.2 Å². The van der Waals surface area contributed by atoms with Gasteiger partial charge < -0.3 is 9.64 Å². The van der Waals surface area contributed by atoms with Crippen LogP contribution in [0.25, 0.3) is 0 Å². The van der Waals surface area contributed by atoms with Crippen LogP contribution in [0.15, 0.2) is 29.3 Å². The monoisotopic (exact) mass is 408 g/mol. The molecule has 3 atom stereocenters. The maximum absolute atomic E-state index is 12.5. The van der Waals surface area contributed by atoms with Gasteiger partial charge in [0, 0.05) is 17.5 Å². The van der Waals surface area contributed by atoms with Gasteiger partial charge in [0.1, 0.15) is 6.10 Å². The average Bonchev–Trinajstić information content (AvgIpc) is 3.29. The number of sulfone groups is 1. The Morgan fingerprint density at radius 2 is 2.00 bits per heavy atom. The van der Waals surface area contributed by atoms with Crippen LogP contribution < -0.4 is 4.90 Å². The second-order valence-corrected chi connectivity index (χ2v) is 11.0. The number of amidine groups is 1. The van der Waals surface area contributed by atoms with Crippen LogP contribution in [-0.4, -0.2) is 55.0 Å². The number of fused-ring (bicyclic) bond motifs is 1. The Kier molecular flexibility index (Phi) is 5.07. The molecule has 6 nitrogen and oxygen atoms in total. The Hall–Kier alpha value is -1.38. The zero-order valence-corrected chi connectivity index (χ0v) is 17.1. The van der Waals surface area contributed by atoms with E-state index in [4.69, 9.17) is 4.74 Å². The highest BCUT2D eigenvalue weighted by Crippen LogP contribution is 2.41. The lowest BCUT2D eigenvalue weighted by Gasteiger charge is -2.25. The van der Waals surface area contributed by atoms with Gasteiger partial charge in [0.05, 0.1) is 17.5 Å². The van der Waals surface area contributed by atoms with Crippen molar-refractivity contribution < 1.29 is 17.9 Å².